The van der Waals surface area contributed by atoms with E-state index in [1.54, 1.807) is 49.6 Å². The molecule has 1 unspecified atom stereocenters. The van der Waals surface area contributed by atoms with Crippen molar-refractivity contribution in [1.29, 1.82) is 0 Å². The first kappa shape index (κ1) is 23.6. The number of halogens is 1. The number of aromatic amines is 1. The molecule has 0 bridgehead atoms. The number of amides is 1. The highest BCUT2D eigenvalue weighted by Crippen LogP contribution is 2.44. The number of carbonyl (C=O) groups excluding carboxylic acids is 2. The molecule has 176 valence electrons. The summed E-state index contributed by atoms with van der Waals surface area (Å²) in [6, 6.07) is 11.3. The topological polar surface area (TPSA) is 95.7 Å². The van der Waals surface area contributed by atoms with Crippen molar-refractivity contribution in [3.8, 4) is 11.5 Å². The zero-order chi connectivity index (χ0) is 24.2. The van der Waals surface area contributed by atoms with Crippen molar-refractivity contribution in [3.05, 3.63) is 82.4 Å². The van der Waals surface area contributed by atoms with Crippen molar-refractivity contribution in [2.75, 3.05) is 20.8 Å². The fourth-order valence-electron chi connectivity index (χ4n) is 4.13. The van der Waals surface area contributed by atoms with Crippen LogP contribution in [0, 0.1) is 0 Å². The molecule has 0 radical (unpaired) electrons. The van der Waals surface area contributed by atoms with Crippen LogP contribution in [0.15, 0.2) is 71.2 Å². The number of rotatable bonds is 8. The molecule has 0 saturated carbocycles. The lowest BCUT2D eigenvalue weighted by molar-refractivity contribution is -0.695. The van der Waals surface area contributed by atoms with Crippen LogP contribution in [0.1, 0.15) is 23.6 Å². The number of carbonyl (C=O) groups is 2. The monoisotopic (exact) mass is 526 g/mol. The van der Waals surface area contributed by atoms with Gasteiger partial charge in [-0.05, 0) is 30.3 Å². The van der Waals surface area contributed by atoms with Crippen LogP contribution >= 0.6 is 15.9 Å². The van der Waals surface area contributed by atoms with E-state index >= 15 is 0 Å². The average molecular weight is 527 g/mol. The molecule has 0 spiro atoms. The second kappa shape index (κ2) is 10.1. The van der Waals surface area contributed by atoms with Gasteiger partial charge in [-0.2, -0.15) is 0 Å². The van der Waals surface area contributed by atoms with Gasteiger partial charge in [-0.3, -0.25) is 14.6 Å². The van der Waals surface area contributed by atoms with Crippen LogP contribution < -0.4 is 14.0 Å². The second-order valence-electron chi connectivity index (χ2n) is 7.81. The normalized spacial score (nSPS) is 17.3. The molecule has 2 heterocycles. The first-order valence-corrected chi connectivity index (χ1v) is 11.5. The molecule has 1 amide bonds. The summed E-state index contributed by atoms with van der Waals surface area (Å²) in [5.41, 5.74) is 1.03. The maximum Gasteiger partial charge on any atom is 0.295 e. The Kier molecular flexibility index (Phi) is 7.02. The van der Waals surface area contributed by atoms with Crippen molar-refractivity contribution in [3.63, 3.8) is 0 Å². The number of ether oxygens (including phenoxy) is 2. The lowest BCUT2D eigenvalue weighted by atomic mass is 9.94. The van der Waals surface area contributed by atoms with E-state index in [2.05, 4.69) is 20.9 Å². The minimum Gasteiger partial charge on any atom is -0.507 e. The number of nitrogens with one attached hydrogen (secondary N) is 1. The largest absolute Gasteiger partial charge is 0.507 e. The van der Waals surface area contributed by atoms with Crippen LogP contribution in [0.4, 0.5) is 0 Å². The molecule has 9 heteroatoms. The number of likely N-dealkylation sites (tertiary alicyclic amines) is 1. The standard InChI is InChI=1S/C25H24BrN3O5/c1-33-18-8-9-20(34-2)19(14-18)22-21(23(30)16-4-6-17(26)7-5-16)24(31)25(32)29(22)12-3-11-28-13-10-27-15-28/h4-10,13-15,22H,3,11-12H2,1-2H3,(H,30,31)/p+1. The summed E-state index contributed by atoms with van der Waals surface area (Å²) in [6.07, 6.45) is 6.14. The van der Waals surface area contributed by atoms with E-state index in [0.29, 0.717) is 42.1 Å². The van der Waals surface area contributed by atoms with Crippen LogP contribution in [0.25, 0.3) is 5.76 Å². The van der Waals surface area contributed by atoms with Crippen molar-refractivity contribution in [1.82, 2.24) is 9.88 Å². The molecule has 1 aromatic heterocycles. The van der Waals surface area contributed by atoms with Gasteiger partial charge in [0.25, 0.3) is 11.7 Å². The highest BCUT2D eigenvalue weighted by atomic mass is 79.9. The predicted molar refractivity (Wildman–Crippen MR) is 128 cm³/mol. The molecule has 1 atom stereocenters. The van der Waals surface area contributed by atoms with Crippen molar-refractivity contribution in [2.45, 2.75) is 19.0 Å². The zero-order valence-electron chi connectivity index (χ0n) is 18.8. The number of hydrogen-bond donors (Lipinski definition) is 2. The highest BCUT2D eigenvalue weighted by molar-refractivity contribution is 9.10. The molecule has 1 saturated heterocycles. The molecule has 1 fully saturated rings. The van der Waals surface area contributed by atoms with Gasteiger partial charge in [0.05, 0.1) is 32.4 Å². The third kappa shape index (κ3) is 4.56. The summed E-state index contributed by atoms with van der Waals surface area (Å²) in [5, 5.41) is 11.2. The Balaban J connectivity index is 1.81. The maximum atomic E-state index is 13.2. The molecule has 1 aliphatic rings. The molecule has 1 aliphatic heterocycles. The number of aromatic nitrogens is 2. The number of hydrogen-bond acceptors (Lipinski definition) is 5. The summed E-state index contributed by atoms with van der Waals surface area (Å²) in [7, 11) is 3.06. The minimum absolute atomic E-state index is 0.0215. The van der Waals surface area contributed by atoms with Crippen molar-refractivity contribution in [2.24, 2.45) is 0 Å². The molecular weight excluding hydrogens is 502 g/mol. The Hall–Kier alpha value is -3.59. The number of aliphatic hydroxyl groups excluding tert-OH is 1. The number of aryl methyl sites for hydroxylation is 1. The first-order valence-electron chi connectivity index (χ1n) is 10.7. The van der Waals surface area contributed by atoms with E-state index in [4.69, 9.17) is 9.47 Å². The molecule has 3 aromatic rings. The SMILES string of the molecule is COc1ccc(OC)c(C2/C(=C(\O)c3ccc(Br)cc3)C(=O)C(=O)N2CCC[n+]2cc[nH]c2)c1. The lowest BCUT2D eigenvalue weighted by Gasteiger charge is -2.26. The van der Waals surface area contributed by atoms with Crippen molar-refractivity contribution >= 4 is 33.4 Å². The molecule has 4 rings (SSSR count). The zero-order valence-corrected chi connectivity index (χ0v) is 20.4. The van der Waals surface area contributed by atoms with Gasteiger partial charge in [0.1, 0.15) is 29.7 Å². The van der Waals surface area contributed by atoms with Gasteiger partial charge in [0, 0.05) is 28.6 Å². The Bertz CT molecular complexity index is 1220. The van der Waals surface area contributed by atoms with E-state index < -0.39 is 17.7 Å². The fourth-order valence-corrected chi connectivity index (χ4v) is 4.40. The number of ketones is 1. The van der Waals surface area contributed by atoms with E-state index in [0.717, 1.165) is 4.47 Å². The Morgan fingerprint density at radius 2 is 1.91 bits per heavy atom. The third-order valence-corrected chi connectivity index (χ3v) is 6.34. The van der Waals surface area contributed by atoms with Crippen LogP contribution in [0.3, 0.4) is 0 Å². The Morgan fingerprint density at radius 3 is 2.56 bits per heavy atom. The summed E-state index contributed by atoms with van der Waals surface area (Å²) in [6.45, 7) is 0.964. The van der Waals surface area contributed by atoms with Gasteiger partial charge in [0.2, 0.25) is 6.33 Å². The summed E-state index contributed by atoms with van der Waals surface area (Å²) < 4.78 is 13.7. The van der Waals surface area contributed by atoms with Gasteiger partial charge in [-0.1, -0.05) is 28.1 Å². The smallest absolute Gasteiger partial charge is 0.295 e. The van der Waals surface area contributed by atoms with Gasteiger partial charge in [-0.25, -0.2) is 4.57 Å². The number of Topliss-reactive ketones (excluding diaryl/α,β-unsaturated/α-hetero) is 1. The number of imidazole rings is 1. The van der Waals surface area contributed by atoms with Crippen LogP contribution in [-0.2, 0) is 16.1 Å². The quantitative estimate of drug-likeness (QED) is 0.202. The van der Waals surface area contributed by atoms with E-state index in [1.807, 2.05) is 23.3 Å². The third-order valence-electron chi connectivity index (χ3n) is 5.81. The van der Waals surface area contributed by atoms with Crippen LogP contribution in [0.2, 0.25) is 0 Å². The van der Waals surface area contributed by atoms with Gasteiger partial charge in [-0.15, -0.1) is 0 Å². The average Bonchev–Trinajstić information content (AvgIpc) is 3.46. The summed E-state index contributed by atoms with van der Waals surface area (Å²) in [4.78, 5) is 30.9. The highest BCUT2D eigenvalue weighted by Gasteiger charge is 2.47. The summed E-state index contributed by atoms with van der Waals surface area (Å²) >= 11 is 3.38. The number of benzene rings is 2. The lowest BCUT2D eigenvalue weighted by Crippen LogP contribution is -2.36. The van der Waals surface area contributed by atoms with Gasteiger partial charge in [0.15, 0.2) is 0 Å². The predicted octanol–water partition coefficient (Wildman–Crippen LogP) is 3.59. The van der Waals surface area contributed by atoms with Crippen LogP contribution in [-0.4, -0.2) is 47.4 Å². The summed E-state index contributed by atoms with van der Waals surface area (Å²) in [5.74, 6) is -0.590. The van der Waals surface area contributed by atoms with E-state index in [9.17, 15) is 14.7 Å². The Labute approximate surface area is 205 Å². The Morgan fingerprint density at radius 1 is 1.15 bits per heavy atom. The molecule has 8 nitrogen and oxygen atoms in total. The van der Waals surface area contributed by atoms with Gasteiger partial charge < -0.3 is 19.5 Å². The molecular formula is C25H25BrN3O5+. The number of aliphatic hydroxyl groups is 1. The first-order chi connectivity index (χ1) is 16.4. The second-order valence-corrected chi connectivity index (χ2v) is 8.73. The van der Waals surface area contributed by atoms with E-state index in [1.165, 1.54) is 12.0 Å². The van der Waals surface area contributed by atoms with E-state index in [-0.39, 0.29) is 11.3 Å². The number of H-pyrrole nitrogens is 1. The van der Waals surface area contributed by atoms with Crippen molar-refractivity contribution < 1.29 is 28.7 Å². The molecule has 2 N–H and O–H groups in total. The maximum absolute atomic E-state index is 13.2. The minimum atomic E-state index is -0.829. The molecule has 0 aliphatic carbocycles. The number of nitrogens with zero attached hydrogens (tertiary/aromatic N) is 2. The van der Waals surface area contributed by atoms with Gasteiger partial charge >= 0.3 is 0 Å². The molecule has 2 aromatic carbocycles. The fraction of sp³-hybridized carbons (Fsp3) is 0.240. The molecule has 34 heavy (non-hydrogen) atoms. The van der Waals surface area contributed by atoms with Crippen LogP contribution in [0.5, 0.6) is 11.5 Å². The number of methoxy groups -OCH3 is 2.